The Morgan fingerprint density at radius 2 is 2.00 bits per heavy atom. The number of aromatic nitrogens is 2. The summed E-state index contributed by atoms with van der Waals surface area (Å²) in [5.41, 5.74) is 1.73. The minimum Gasteiger partial charge on any atom is -0.383 e. The minimum absolute atomic E-state index is 0.0149. The predicted octanol–water partition coefficient (Wildman–Crippen LogP) is 7.28. The zero-order chi connectivity index (χ0) is 26.9. The standard InChI is InChI=1S/C29H26Cl2FN3O3S/c30-19-2-1-3-20(31)23(19)24-18(27(38-35-24)15-4-5-15)13-37-26-16-6-7-17(26)11-29(36,10-16)28-34-25-21(32)8-14(12-33)9-22(25)39-28/h1-2,8-9,15-17,20,26,36H,3-7,10-11,13H2/t16-,17+,20?,26?,29?. The summed E-state index contributed by atoms with van der Waals surface area (Å²) in [7, 11) is 0. The number of nitrogens with zero attached hydrogens (tertiary/aromatic N) is 3. The van der Waals surface area contributed by atoms with Crippen molar-refractivity contribution in [3.63, 3.8) is 0 Å². The second-order valence-corrected chi connectivity index (χ2v) is 13.2. The molecule has 7 rings (SSSR count). The first-order valence-corrected chi connectivity index (χ1v) is 15.0. The molecule has 4 aliphatic rings. The zero-order valence-corrected chi connectivity index (χ0v) is 23.3. The highest BCUT2D eigenvalue weighted by atomic mass is 35.5. The van der Waals surface area contributed by atoms with Gasteiger partial charge in [-0.15, -0.1) is 22.9 Å². The predicted molar refractivity (Wildman–Crippen MR) is 147 cm³/mol. The van der Waals surface area contributed by atoms with Gasteiger partial charge in [0.1, 0.15) is 27.6 Å². The second kappa shape index (κ2) is 9.67. The van der Waals surface area contributed by atoms with E-state index < -0.39 is 11.4 Å². The second-order valence-electron chi connectivity index (χ2n) is 11.3. The number of alkyl halides is 1. The zero-order valence-electron chi connectivity index (χ0n) is 21.0. The number of allylic oxidation sites excluding steroid dienone is 4. The Bertz CT molecular complexity index is 1560. The van der Waals surface area contributed by atoms with Gasteiger partial charge in [0.15, 0.2) is 5.82 Å². The minimum atomic E-state index is -1.14. The molecule has 2 aromatic heterocycles. The monoisotopic (exact) mass is 585 g/mol. The number of ether oxygens (including phenoxy) is 1. The van der Waals surface area contributed by atoms with Crippen LogP contribution in [0.4, 0.5) is 4.39 Å². The van der Waals surface area contributed by atoms with Crippen molar-refractivity contribution in [1.29, 1.82) is 5.26 Å². The molecule has 1 N–H and O–H groups in total. The summed E-state index contributed by atoms with van der Waals surface area (Å²) in [5, 5.41) is 26.2. The number of fused-ring (bicyclic) bond motifs is 3. The first-order valence-electron chi connectivity index (χ1n) is 13.4. The van der Waals surface area contributed by atoms with Crippen molar-refractivity contribution >= 4 is 50.3 Å². The molecule has 39 heavy (non-hydrogen) atoms. The van der Waals surface area contributed by atoms with Crippen molar-refractivity contribution in [3.05, 3.63) is 62.7 Å². The maximum Gasteiger partial charge on any atom is 0.151 e. The molecule has 0 aliphatic heterocycles. The summed E-state index contributed by atoms with van der Waals surface area (Å²) in [6.45, 7) is 0.352. The first kappa shape index (κ1) is 25.7. The van der Waals surface area contributed by atoms with Gasteiger partial charge in [0.25, 0.3) is 0 Å². The van der Waals surface area contributed by atoms with Gasteiger partial charge >= 0.3 is 0 Å². The molecule has 1 aromatic carbocycles. The van der Waals surface area contributed by atoms with Gasteiger partial charge in [-0.1, -0.05) is 22.8 Å². The Hall–Kier alpha value is -2.28. The van der Waals surface area contributed by atoms with Gasteiger partial charge in [-0.3, -0.25) is 0 Å². The molecular weight excluding hydrogens is 560 g/mol. The number of thiazole rings is 1. The van der Waals surface area contributed by atoms with E-state index in [1.165, 1.54) is 17.4 Å². The topological polar surface area (TPSA) is 92.2 Å². The summed E-state index contributed by atoms with van der Waals surface area (Å²) >= 11 is 14.5. The fourth-order valence-electron chi connectivity index (χ4n) is 6.66. The van der Waals surface area contributed by atoms with E-state index in [1.54, 1.807) is 6.07 Å². The van der Waals surface area contributed by atoms with E-state index in [1.807, 2.05) is 18.2 Å². The highest BCUT2D eigenvalue weighted by Crippen LogP contribution is 2.53. The molecule has 3 unspecified atom stereocenters. The quantitative estimate of drug-likeness (QED) is 0.305. The SMILES string of the molecule is N#Cc1cc(F)c2nc(C3(O)C[C@H]4CC[C@@H](C3)C4OCc3c(C4=C(Cl)C=CCC4Cl)noc3C3CC3)sc2c1. The van der Waals surface area contributed by atoms with Gasteiger partial charge in [0.05, 0.1) is 34.4 Å². The Balaban J connectivity index is 1.13. The molecule has 4 aliphatic carbocycles. The maximum absolute atomic E-state index is 14.6. The van der Waals surface area contributed by atoms with E-state index >= 15 is 0 Å². The molecule has 3 fully saturated rings. The fraction of sp³-hybridized carbons (Fsp3) is 0.483. The lowest BCUT2D eigenvalue weighted by Gasteiger charge is -2.40. The molecule has 5 atom stereocenters. The Labute approximate surface area is 239 Å². The number of nitriles is 1. The molecule has 202 valence electrons. The maximum atomic E-state index is 14.6. The number of hydrogen-bond donors (Lipinski definition) is 1. The highest BCUT2D eigenvalue weighted by Gasteiger charge is 2.52. The van der Waals surface area contributed by atoms with Crippen LogP contribution in [0.25, 0.3) is 15.8 Å². The van der Waals surface area contributed by atoms with Crippen LogP contribution in [0.1, 0.15) is 78.5 Å². The number of benzene rings is 1. The Morgan fingerprint density at radius 3 is 2.69 bits per heavy atom. The van der Waals surface area contributed by atoms with Gasteiger partial charge in [-0.05, 0) is 75.0 Å². The summed E-state index contributed by atoms with van der Waals surface area (Å²) in [6.07, 6.45) is 9.53. The summed E-state index contributed by atoms with van der Waals surface area (Å²) < 4.78 is 27.6. The number of hydrogen-bond acceptors (Lipinski definition) is 7. The fourth-order valence-corrected chi connectivity index (χ4v) is 8.47. The lowest BCUT2D eigenvalue weighted by atomic mass is 9.76. The third kappa shape index (κ3) is 4.43. The van der Waals surface area contributed by atoms with Crippen molar-refractivity contribution in [3.8, 4) is 6.07 Å². The molecule has 0 saturated heterocycles. The van der Waals surface area contributed by atoms with Crippen molar-refractivity contribution in [2.24, 2.45) is 11.8 Å². The average molecular weight is 587 g/mol. The van der Waals surface area contributed by atoms with E-state index in [-0.39, 0.29) is 34.4 Å². The Kier molecular flexibility index (Phi) is 6.37. The molecule has 0 spiro atoms. The van der Waals surface area contributed by atoms with Gasteiger partial charge < -0.3 is 14.4 Å². The van der Waals surface area contributed by atoms with Crippen LogP contribution in [0.2, 0.25) is 0 Å². The average Bonchev–Trinajstić information content (AvgIpc) is 3.42. The van der Waals surface area contributed by atoms with Crippen molar-refractivity contribution in [2.45, 2.75) is 74.6 Å². The van der Waals surface area contributed by atoms with Crippen LogP contribution in [-0.4, -0.2) is 26.7 Å². The van der Waals surface area contributed by atoms with Crippen LogP contribution < -0.4 is 0 Å². The normalized spacial score (nSPS) is 30.3. The molecule has 6 nitrogen and oxygen atoms in total. The third-order valence-corrected chi connectivity index (χ3v) is 10.6. The summed E-state index contributed by atoms with van der Waals surface area (Å²) in [6, 6.07) is 4.81. The molecule has 3 saturated carbocycles. The number of halogens is 3. The molecular formula is C29H26Cl2FN3O3S. The molecule has 2 bridgehead atoms. The van der Waals surface area contributed by atoms with Crippen molar-refractivity contribution in [2.75, 3.05) is 0 Å². The summed E-state index contributed by atoms with van der Waals surface area (Å²) in [4.78, 5) is 4.49. The van der Waals surface area contributed by atoms with Crippen LogP contribution in [0.15, 0.2) is 33.8 Å². The van der Waals surface area contributed by atoms with E-state index in [9.17, 15) is 14.8 Å². The molecule has 0 amide bonds. The van der Waals surface area contributed by atoms with Gasteiger partial charge in [0.2, 0.25) is 0 Å². The van der Waals surface area contributed by atoms with Crippen molar-refractivity contribution < 1.29 is 18.8 Å². The van der Waals surface area contributed by atoms with Gasteiger partial charge in [0, 0.05) is 22.1 Å². The summed E-state index contributed by atoms with van der Waals surface area (Å²) in [5.74, 6) is 0.983. The molecule has 10 heteroatoms. The number of rotatable bonds is 6. The lowest BCUT2D eigenvalue weighted by Crippen LogP contribution is -2.42. The van der Waals surface area contributed by atoms with Crippen LogP contribution in [-0.2, 0) is 16.9 Å². The lowest BCUT2D eigenvalue weighted by molar-refractivity contribution is -0.106. The van der Waals surface area contributed by atoms with Crippen LogP contribution in [0.3, 0.4) is 0 Å². The van der Waals surface area contributed by atoms with E-state index in [0.29, 0.717) is 52.2 Å². The van der Waals surface area contributed by atoms with E-state index in [4.69, 9.17) is 32.5 Å². The molecule has 0 radical (unpaired) electrons. The van der Waals surface area contributed by atoms with Crippen LogP contribution in [0, 0.1) is 29.0 Å². The highest BCUT2D eigenvalue weighted by molar-refractivity contribution is 7.18. The van der Waals surface area contributed by atoms with Gasteiger partial charge in [-0.25, -0.2) is 9.37 Å². The van der Waals surface area contributed by atoms with Crippen LogP contribution in [0.5, 0.6) is 0 Å². The van der Waals surface area contributed by atoms with E-state index in [0.717, 1.165) is 42.6 Å². The van der Waals surface area contributed by atoms with Crippen molar-refractivity contribution in [1.82, 2.24) is 10.1 Å². The Morgan fingerprint density at radius 1 is 1.23 bits per heavy atom. The van der Waals surface area contributed by atoms with Gasteiger partial charge in [-0.2, -0.15) is 5.26 Å². The number of aliphatic hydroxyl groups is 1. The first-order chi connectivity index (χ1) is 18.8. The van der Waals surface area contributed by atoms with E-state index in [2.05, 4.69) is 10.1 Å². The van der Waals surface area contributed by atoms with Crippen LogP contribution >= 0.6 is 34.5 Å². The smallest absolute Gasteiger partial charge is 0.151 e. The largest absolute Gasteiger partial charge is 0.383 e. The molecule has 2 heterocycles. The molecule has 3 aromatic rings. The third-order valence-electron chi connectivity index (χ3n) is 8.63.